The van der Waals surface area contributed by atoms with Crippen molar-refractivity contribution in [2.45, 2.75) is 13.0 Å². The summed E-state index contributed by atoms with van der Waals surface area (Å²) in [6.07, 6.45) is 1.87. The molecule has 6 nitrogen and oxygen atoms in total. The molecule has 0 aliphatic heterocycles. The van der Waals surface area contributed by atoms with Crippen LogP contribution in [0.15, 0.2) is 40.3 Å². The van der Waals surface area contributed by atoms with E-state index >= 15 is 0 Å². The fourth-order valence-corrected chi connectivity index (χ4v) is 3.31. The highest BCUT2D eigenvalue weighted by Crippen LogP contribution is 2.29. The van der Waals surface area contributed by atoms with Gasteiger partial charge in [0.15, 0.2) is 0 Å². The summed E-state index contributed by atoms with van der Waals surface area (Å²) < 4.78 is 13.7. The summed E-state index contributed by atoms with van der Waals surface area (Å²) in [4.78, 5) is 24.4. The van der Waals surface area contributed by atoms with Gasteiger partial charge >= 0.3 is 0 Å². The smallest absolute Gasteiger partial charge is 0.227 e. The van der Waals surface area contributed by atoms with Gasteiger partial charge in [0.2, 0.25) is 11.9 Å². The van der Waals surface area contributed by atoms with Gasteiger partial charge < -0.3 is 11.1 Å². The van der Waals surface area contributed by atoms with Crippen molar-refractivity contribution < 1.29 is 9.18 Å². The number of nitrogen functional groups attached to an aromatic ring is 1. The molecule has 1 amide bonds. The average molecular weight is 422 g/mol. The second-order valence-corrected chi connectivity index (χ2v) is 6.85. The number of thiazole rings is 1. The number of halogens is 2. The SMILES string of the molecule is Nc1nc(CNC(=O)Cc2nccs2)c(Br)c(-c2ccc(F)cc2)n1. The van der Waals surface area contributed by atoms with Gasteiger partial charge in [-0.2, -0.15) is 0 Å². The second-order valence-electron chi connectivity index (χ2n) is 5.08. The van der Waals surface area contributed by atoms with Crippen molar-refractivity contribution in [2.24, 2.45) is 0 Å². The van der Waals surface area contributed by atoms with Crippen LogP contribution in [-0.2, 0) is 17.8 Å². The minimum atomic E-state index is -0.337. The van der Waals surface area contributed by atoms with Crippen molar-refractivity contribution in [1.29, 1.82) is 0 Å². The highest BCUT2D eigenvalue weighted by atomic mass is 79.9. The Kier molecular flexibility index (Phi) is 5.34. The minimum absolute atomic E-state index is 0.0756. The van der Waals surface area contributed by atoms with Crippen molar-refractivity contribution in [1.82, 2.24) is 20.3 Å². The average Bonchev–Trinajstić information content (AvgIpc) is 3.09. The normalized spacial score (nSPS) is 10.6. The van der Waals surface area contributed by atoms with E-state index in [0.29, 0.717) is 21.4 Å². The maximum absolute atomic E-state index is 13.1. The lowest BCUT2D eigenvalue weighted by atomic mass is 10.1. The molecule has 25 heavy (non-hydrogen) atoms. The predicted molar refractivity (Wildman–Crippen MR) is 97.2 cm³/mol. The zero-order chi connectivity index (χ0) is 17.8. The molecule has 0 bridgehead atoms. The summed E-state index contributed by atoms with van der Waals surface area (Å²) >= 11 is 4.87. The molecule has 3 N–H and O–H groups in total. The van der Waals surface area contributed by atoms with Crippen LogP contribution in [0.5, 0.6) is 0 Å². The van der Waals surface area contributed by atoms with Crippen molar-refractivity contribution in [2.75, 3.05) is 5.73 Å². The summed E-state index contributed by atoms with van der Waals surface area (Å²) in [5, 5.41) is 5.35. The first kappa shape index (κ1) is 17.4. The fraction of sp³-hybridized carbons (Fsp3) is 0.125. The Morgan fingerprint density at radius 2 is 2.04 bits per heavy atom. The first-order chi connectivity index (χ1) is 12.0. The van der Waals surface area contributed by atoms with Crippen LogP contribution in [0.3, 0.4) is 0 Å². The van der Waals surface area contributed by atoms with E-state index in [1.807, 2.05) is 5.38 Å². The summed E-state index contributed by atoms with van der Waals surface area (Å²) in [6, 6.07) is 5.89. The number of rotatable bonds is 5. The number of nitrogens with two attached hydrogens (primary N) is 1. The third-order valence-corrected chi connectivity index (χ3v) is 4.92. The summed E-state index contributed by atoms with van der Waals surface area (Å²) in [5.74, 6) is -0.425. The van der Waals surface area contributed by atoms with E-state index in [9.17, 15) is 9.18 Å². The number of nitrogens with zero attached hydrogens (tertiary/aromatic N) is 3. The van der Waals surface area contributed by atoms with Crippen molar-refractivity contribution >= 4 is 39.1 Å². The Hall–Kier alpha value is -2.39. The maximum atomic E-state index is 13.1. The predicted octanol–water partition coefficient (Wildman–Crippen LogP) is 2.94. The van der Waals surface area contributed by atoms with E-state index in [4.69, 9.17) is 5.73 Å². The van der Waals surface area contributed by atoms with Gasteiger partial charge in [0.05, 0.1) is 28.8 Å². The van der Waals surface area contributed by atoms with Crippen molar-refractivity contribution in [3.8, 4) is 11.3 Å². The quantitative estimate of drug-likeness (QED) is 0.660. The van der Waals surface area contributed by atoms with Gasteiger partial charge in [-0.3, -0.25) is 4.79 Å². The van der Waals surface area contributed by atoms with Gasteiger partial charge in [-0.15, -0.1) is 11.3 Å². The van der Waals surface area contributed by atoms with Crippen LogP contribution >= 0.6 is 27.3 Å². The number of amides is 1. The highest BCUT2D eigenvalue weighted by molar-refractivity contribution is 9.10. The molecule has 1 aromatic carbocycles. The van der Waals surface area contributed by atoms with E-state index < -0.39 is 0 Å². The van der Waals surface area contributed by atoms with E-state index in [-0.39, 0.29) is 30.6 Å². The first-order valence-electron chi connectivity index (χ1n) is 7.26. The van der Waals surface area contributed by atoms with Crippen molar-refractivity contribution in [3.63, 3.8) is 0 Å². The summed E-state index contributed by atoms with van der Waals surface area (Å²) in [6.45, 7) is 0.186. The molecule has 3 aromatic rings. The molecule has 0 radical (unpaired) electrons. The molecule has 0 atom stereocenters. The van der Waals surface area contributed by atoms with E-state index in [1.165, 1.54) is 23.5 Å². The number of anilines is 1. The lowest BCUT2D eigenvalue weighted by Crippen LogP contribution is -2.25. The highest BCUT2D eigenvalue weighted by Gasteiger charge is 2.14. The van der Waals surface area contributed by atoms with Crippen LogP contribution in [0.4, 0.5) is 10.3 Å². The first-order valence-corrected chi connectivity index (χ1v) is 8.93. The van der Waals surface area contributed by atoms with Crippen LogP contribution in [-0.4, -0.2) is 20.9 Å². The molecule has 128 valence electrons. The number of hydrogen-bond acceptors (Lipinski definition) is 6. The molecular formula is C16H13BrFN5OS. The number of carbonyl (C=O) groups is 1. The number of benzene rings is 1. The molecule has 0 aliphatic carbocycles. The van der Waals surface area contributed by atoms with Gasteiger partial charge in [0, 0.05) is 17.1 Å². The number of nitrogens with one attached hydrogen (secondary N) is 1. The standard InChI is InChI=1S/C16H13BrFN5OS/c17-14-11(8-21-12(24)7-13-20-5-6-25-13)22-16(19)23-15(14)9-1-3-10(18)4-2-9/h1-6H,7-8H2,(H,21,24)(H2,19,22,23). The van der Waals surface area contributed by atoms with E-state index in [1.54, 1.807) is 18.3 Å². The molecule has 0 unspecified atom stereocenters. The van der Waals surface area contributed by atoms with E-state index in [2.05, 4.69) is 36.2 Å². The number of aromatic nitrogens is 3. The molecule has 0 saturated carbocycles. The summed E-state index contributed by atoms with van der Waals surface area (Å²) in [7, 11) is 0. The van der Waals surface area contributed by atoms with Gasteiger partial charge in [-0.1, -0.05) is 0 Å². The summed E-state index contributed by atoms with van der Waals surface area (Å²) in [5.41, 5.74) is 7.55. The Bertz CT molecular complexity index is 886. The van der Waals surface area contributed by atoms with Crippen LogP contribution < -0.4 is 11.1 Å². The van der Waals surface area contributed by atoms with Crippen LogP contribution in [0, 0.1) is 5.82 Å². The molecule has 0 aliphatic rings. The fourth-order valence-electron chi connectivity index (χ4n) is 2.15. The molecular weight excluding hydrogens is 409 g/mol. The lowest BCUT2D eigenvalue weighted by molar-refractivity contribution is -0.120. The topological polar surface area (TPSA) is 93.8 Å². The van der Waals surface area contributed by atoms with Gasteiger partial charge in [0.1, 0.15) is 10.8 Å². The molecule has 0 spiro atoms. The maximum Gasteiger partial charge on any atom is 0.227 e. The van der Waals surface area contributed by atoms with Crippen molar-refractivity contribution in [3.05, 3.63) is 56.8 Å². The van der Waals surface area contributed by atoms with Crippen LogP contribution in [0.1, 0.15) is 10.7 Å². The largest absolute Gasteiger partial charge is 0.368 e. The minimum Gasteiger partial charge on any atom is -0.368 e. The Balaban J connectivity index is 1.77. The molecule has 3 rings (SSSR count). The molecule has 2 heterocycles. The Labute approximate surface area is 155 Å². The molecule has 9 heteroatoms. The zero-order valence-corrected chi connectivity index (χ0v) is 15.3. The number of hydrogen-bond donors (Lipinski definition) is 2. The van der Waals surface area contributed by atoms with E-state index in [0.717, 1.165) is 5.01 Å². The van der Waals surface area contributed by atoms with Crippen LogP contribution in [0.25, 0.3) is 11.3 Å². The third kappa shape index (κ3) is 4.37. The van der Waals surface area contributed by atoms with Gasteiger partial charge in [-0.25, -0.2) is 19.3 Å². The van der Waals surface area contributed by atoms with Gasteiger partial charge in [-0.05, 0) is 40.2 Å². The Morgan fingerprint density at radius 1 is 1.28 bits per heavy atom. The molecule has 0 saturated heterocycles. The third-order valence-electron chi connectivity index (χ3n) is 3.30. The molecule has 2 aromatic heterocycles. The second kappa shape index (κ2) is 7.66. The number of carbonyl (C=O) groups excluding carboxylic acids is 1. The lowest BCUT2D eigenvalue weighted by Gasteiger charge is -2.11. The van der Waals surface area contributed by atoms with Crippen LogP contribution in [0.2, 0.25) is 0 Å². The molecule has 0 fully saturated rings. The van der Waals surface area contributed by atoms with Gasteiger partial charge in [0.25, 0.3) is 0 Å². The monoisotopic (exact) mass is 421 g/mol. The zero-order valence-electron chi connectivity index (χ0n) is 12.9. The Morgan fingerprint density at radius 3 is 2.72 bits per heavy atom.